The molecule has 4 rings (SSSR count). The van der Waals surface area contributed by atoms with Gasteiger partial charge in [-0.15, -0.1) is 0 Å². The third-order valence-corrected chi connectivity index (χ3v) is 6.11. The van der Waals surface area contributed by atoms with E-state index in [0.29, 0.717) is 30.5 Å². The summed E-state index contributed by atoms with van der Waals surface area (Å²) in [7, 11) is 0. The maximum atomic E-state index is 12.7. The second kappa shape index (κ2) is 9.02. The number of carbonyl (C=O) groups is 3. The first-order valence-corrected chi connectivity index (χ1v) is 11.0. The first-order chi connectivity index (χ1) is 15.4. The van der Waals surface area contributed by atoms with Crippen LogP contribution in [0.5, 0.6) is 5.75 Å². The Hall–Kier alpha value is -3.36. The van der Waals surface area contributed by atoms with E-state index in [9.17, 15) is 19.5 Å². The van der Waals surface area contributed by atoms with E-state index in [1.807, 2.05) is 19.9 Å². The molecule has 2 fully saturated rings. The number of H-pyrrole nitrogens is 1. The Balaban J connectivity index is 1.31. The fraction of sp³-hybridized carbons (Fsp3) is 0.478. The quantitative estimate of drug-likeness (QED) is 0.488. The van der Waals surface area contributed by atoms with Crippen LogP contribution in [-0.2, 0) is 9.53 Å². The highest BCUT2D eigenvalue weighted by Crippen LogP contribution is 2.49. The van der Waals surface area contributed by atoms with Gasteiger partial charge in [0.1, 0.15) is 11.9 Å². The summed E-state index contributed by atoms with van der Waals surface area (Å²) >= 11 is 0. The van der Waals surface area contributed by atoms with Crippen LogP contribution in [0.2, 0.25) is 0 Å². The molecule has 1 heterocycles. The van der Waals surface area contributed by atoms with Gasteiger partial charge >= 0.3 is 6.09 Å². The number of ether oxygens (including phenoxy) is 1. The number of aromatic amines is 1. The monoisotopic (exact) mass is 440 g/mol. The zero-order valence-electron chi connectivity index (χ0n) is 18.1. The van der Waals surface area contributed by atoms with Crippen molar-refractivity contribution in [1.29, 1.82) is 0 Å². The van der Waals surface area contributed by atoms with Gasteiger partial charge in [-0.1, -0.05) is 12.1 Å². The number of phenols is 1. The van der Waals surface area contributed by atoms with Crippen LogP contribution in [0.15, 0.2) is 24.3 Å². The molecule has 170 valence electrons. The average molecular weight is 441 g/mol. The molecule has 2 amide bonds. The van der Waals surface area contributed by atoms with Gasteiger partial charge in [-0.3, -0.25) is 14.7 Å². The number of hydrogen-bond acceptors (Lipinski definition) is 6. The van der Waals surface area contributed by atoms with E-state index >= 15 is 0 Å². The largest absolute Gasteiger partial charge is 0.507 e. The number of nitrogens with zero attached hydrogens (tertiary/aromatic N) is 1. The van der Waals surface area contributed by atoms with E-state index in [-0.39, 0.29) is 47.1 Å². The molecule has 0 spiro atoms. The number of amides is 2. The van der Waals surface area contributed by atoms with E-state index in [1.54, 1.807) is 12.1 Å². The van der Waals surface area contributed by atoms with Gasteiger partial charge in [0.25, 0.3) is 0 Å². The standard InChI is InChI=1S/C23H28N4O5/c1-12(2)24-23(31)32-14-7-6-13(8-14)19-10-21(27-26-19)25-22(30)17-9-16(17)15-4-3-5-20(29)18(15)11-28/h3-5,10-14,16-17,29H,6-9H2,1-2H3,(H,24,31)(H2,25,26,27,30)/t13-,14+,16-,17-/m0/s1. The smallest absolute Gasteiger partial charge is 0.407 e. The number of aromatic hydroxyl groups is 1. The zero-order chi connectivity index (χ0) is 22.8. The molecule has 0 radical (unpaired) electrons. The van der Waals surface area contributed by atoms with Crippen molar-refractivity contribution in [2.75, 3.05) is 5.32 Å². The summed E-state index contributed by atoms with van der Waals surface area (Å²) in [6, 6.07) is 6.76. The number of benzene rings is 1. The van der Waals surface area contributed by atoms with Gasteiger partial charge in [0, 0.05) is 29.6 Å². The van der Waals surface area contributed by atoms with Crippen LogP contribution in [0.4, 0.5) is 10.6 Å². The number of phenolic OH excluding ortho intramolecular Hbond substituents is 1. The molecule has 32 heavy (non-hydrogen) atoms. The van der Waals surface area contributed by atoms with Gasteiger partial charge < -0.3 is 20.5 Å². The summed E-state index contributed by atoms with van der Waals surface area (Å²) in [5, 5.41) is 22.6. The Labute approximate surface area is 185 Å². The third-order valence-electron chi connectivity index (χ3n) is 6.11. The molecule has 4 N–H and O–H groups in total. The lowest BCUT2D eigenvalue weighted by atomic mass is 10.0. The van der Waals surface area contributed by atoms with Crippen LogP contribution in [-0.4, -0.2) is 45.7 Å². The number of alkyl carbamates (subject to hydrolysis) is 1. The Morgan fingerprint density at radius 2 is 2.09 bits per heavy atom. The summed E-state index contributed by atoms with van der Waals surface area (Å²) in [6.45, 7) is 3.77. The number of rotatable bonds is 7. The van der Waals surface area contributed by atoms with Crippen LogP contribution in [0.1, 0.15) is 73.0 Å². The van der Waals surface area contributed by atoms with Crippen molar-refractivity contribution in [3.8, 4) is 5.75 Å². The van der Waals surface area contributed by atoms with Crippen LogP contribution in [0.3, 0.4) is 0 Å². The van der Waals surface area contributed by atoms with E-state index in [1.165, 1.54) is 6.07 Å². The second-order valence-corrected chi connectivity index (χ2v) is 8.88. The fourth-order valence-electron chi connectivity index (χ4n) is 4.43. The third kappa shape index (κ3) is 4.76. The predicted octanol–water partition coefficient (Wildman–Crippen LogP) is 3.44. The van der Waals surface area contributed by atoms with Crippen molar-refractivity contribution in [3.05, 3.63) is 41.1 Å². The minimum atomic E-state index is -0.397. The normalized spacial score (nSPS) is 24.2. The summed E-state index contributed by atoms with van der Waals surface area (Å²) in [5.74, 6) is 0.0438. The number of hydrogen-bond donors (Lipinski definition) is 4. The molecule has 0 unspecified atom stereocenters. The highest BCUT2D eigenvalue weighted by Gasteiger charge is 2.45. The number of carbonyl (C=O) groups excluding carboxylic acids is 3. The van der Waals surface area contributed by atoms with Crippen molar-refractivity contribution in [1.82, 2.24) is 15.5 Å². The number of anilines is 1. The summed E-state index contributed by atoms with van der Waals surface area (Å²) in [6.07, 6.45) is 3.07. The molecule has 2 aliphatic rings. The highest BCUT2D eigenvalue weighted by atomic mass is 16.6. The topological polar surface area (TPSA) is 133 Å². The predicted molar refractivity (Wildman–Crippen MR) is 117 cm³/mol. The minimum absolute atomic E-state index is 0.0298. The molecule has 9 heteroatoms. The first kappa shape index (κ1) is 21.9. The second-order valence-electron chi connectivity index (χ2n) is 8.88. The van der Waals surface area contributed by atoms with Crippen molar-refractivity contribution < 1.29 is 24.2 Å². The van der Waals surface area contributed by atoms with Crippen LogP contribution in [0.25, 0.3) is 0 Å². The fourth-order valence-corrected chi connectivity index (χ4v) is 4.43. The lowest BCUT2D eigenvalue weighted by molar-refractivity contribution is -0.117. The number of aromatic nitrogens is 2. The SMILES string of the molecule is CC(C)NC(=O)O[C@@H]1CC[C@H](c2cc(NC(=O)[C@H]3C[C@H]3c3cccc(O)c3C=O)n[nH]2)C1. The van der Waals surface area contributed by atoms with Crippen LogP contribution < -0.4 is 10.6 Å². The molecule has 9 nitrogen and oxygen atoms in total. The maximum absolute atomic E-state index is 12.7. The van der Waals surface area contributed by atoms with Gasteiger partial charge in [0.15, 0.2) is 12.1 Å². The molecule has 2 saturated carbocycles. The molecule has 2 aromatic rings. The van der Waals surface area contributed by atoms with Crippen molar-refractivity contribution in [2.24, 2.45) is 5.92 Å². The van der Waals surface area contributed by atoms with E-state index in [2.05, 4.69) is 20.8 Å². The highest BCUT2D eigenvalue weighted by molar-refractivity contribution is 5.95. The number of aldehydes is 1. The van der Waals surface area contributed by atoms with Gasteiger partial charge in [0.2, 0.25) is 5.91 Å². The van der Waals surface area contributed by atoms with E-state index < -0.39 is 6.09 Å². The molecule has 1 aromatic heterocycles. The van der Waals surface area contributed by atoms with E-state index in [0.717, 1.165) is 18.5 Å². The Morgan fingerprint density at radius 3 is 2.84 bits per heavy atom. The Morgan fingerprint density at radius 1 is 1.28 bits per heavy atom. The average Bonchev–Trinajstić information content (AvgIpc) is 3.17. The summed E-state index contributed by atoms with van der Waals surface area (Å²) < 4.78 is 5.47. The molecular formula is C23H28N4O5. The van der Waals surface area contributed by atoms with Crippen molar-refractivity contribution in [2.45, 2.75) is 63.5 Å². The molecule has 0 aliphatic heterocycles. The Bertz CT molecular complexity index is 1020. The molecule has 1 aromatic carbocycles. The van der Waals surface area contributed by atoms with Gasteiger partial charge in [-0.2, -0.15) is 5.10 Å². The van der Waals surface area contributed by atoms with Crippen LogP contribution >= 0.6 is 0 Å². The Kier molecular flexibility index (Phi) is 6.16. The molecular weight excluding hydrogens is 412 g/mol. The van der Waals surface area contributed by atoms with Crippen LogP contribution in [0, 0.1) is 5.92 Å². The number of nitrogens with one attached hydrogen (secondary N) is 3. The molecule has 0 saturated heterocycles. The molecule has 4 atom stereocenters. The van der Waals surface area contributed by atoms with Gasteiger partial charge in [-0.05, 0) is 57.1 Å². The van der Waals surface area contributed by atoms with E-state index in [4.69, 9.17) is 4.74 Å². The lowest BCUT2D eigenvalue weighted by Crippen LogP contribution is -2.33. The summed E-state index contributed by atoms with van der Waals surface area (Å²) in [5.41, 5.74) is 1.84. The first-order valence-electron chi connectivity index (χ1n) is 11.0. The maximum Gasteiger partial charge on any atom is 0.407 e. The van der Waals surface area contributed by atoms with Crippen molar-refractivity contribution in [3.63, 3.8) is 0 Å². The minimum Gasteiger partial charge on any atom is -0.507 e. The molecule has 2 aliphatic carbocycles. The summed E-state index contributed by atoms with van der Waals surface area (Å²) in [4.78, 5) is 35.8. The molecule has 0 bridgehead atoms. The zero-order valence-corrected chi connectivity index (χ0v) is 18.1. The van der Waals surface area contributed by atoms with Gasteiger partial charge in [-0.25, -0.2) is 4.79 Å². The van der Waals surface area contributed by atoms with Crippen molar-refractivity contribution >= 4 is 24.1 Å². The lowest BCUT2D eigenvalue weighted by Gasteiger charge is -2.14. The van der Waals surface area contributed by atoms with Gasteiger partial charge in [0.05, 0.1) is 5.56 Å².